The quantitative estimate of drug-likeness (QED) is 0.786. The number of hydrogen-bond acceptors (Lipinski definition) is 4. The molecule has 2 amide bonds. The molecule has 1 unspecified atom stereocenters. The molecule has 0 saturated heterocycles. The fourth-order valence-electron chi connectivity index (χ4n) is 1.86. The minimum atomic E-state index is -0.684. The molecule has 24 heavy (non-hydrogen) atoms. The summed E-state index contributed by atoms with van der Waals surface area (Å²) in [4.78, 5) is 11.6. The highest BCUT2D eigenvalue weighted by Crippen LogP contribution is 2.28. The number of amides is 2. The molecule has 7 heteroatoms. The van der Waals surface area contributed by atoms with Crippen molar-refractivity contribution in [1.29, 1.82) is 5.26 Å². The average molecular weight is 329 g/mol. The Morgan fingerprint density at radius 2 is 2.08 bits per heavy atom. The highest BCUT2D eigenvalue weighted by molar-refractivity contribution is 5.89. The normalized spacial score (nSPS) is 11.2. The molecule has 124 valence electrons. The Labute approximate surface area is 138 Å². The summed E-state index contributed by atoms with van der Waals surface area (Å²) in [6.45, 7) is 1.43. The molecule has 0 radical (unpaired) electrons. The van der Waals surface area contributed by atoms with E-state index in [1.54, 1.807) is 31.2 Å². The number of halogens is 1. The number of hydrogen-bond donors (Lipinski definition) is 3. The third-order valence-corrected chi connectivity index (χ3v) is 3.07. The fourth-order valence-corrected chi connectivity index (χ4v) is 1.86. The molecule has 0 bridgehead atoms. The van der Waals surface area contributed by atoms with E-state index in [0.29, 0.717) is 0 Å². The highest BCUT2D eigenvalue weighted by atomic mass is 19.1. The van der Waals surface area contributed by atoms with Crippen LogP contribution in [0.2, 0.25) is 0 Å². The van der Waals surface area contributed by atoms with Gasteiger partial charge >= 0.3 is 6.03 Å². The molecule has 0 spiro atoms. The minimum absolute atomic E-state index is 0.0626. The first kappa shape index (κ1) is 17.2. The molecule has 2 aromatic rings. The molecule has 0 aliphatic carbocycles. The number of ether oxygens (including phenoxy) is 1. The van der Waals surface area contributed by atoms with E-state index in [4.69, 9.17) is 15.1 Å². The second-order valence-electron chi connectivity index (χ2n) is 5.04. The highest BCUT2D eigenvalue weighted by Gasteiger charge is 2.11. The van der Waals surface area contributed by atoms with Crippen LogP contribution in [0.15, 0.2) is 42.5 Å². The van der Waals surface area contributed by atoms with E-state index >= 15 is 0 Å². The Balaban J connectivity index is 2.10. The summed E-state index contributed by atoms with van der Waals surface area (Å²) in [5, 5.41) is 22.8. The van der Waals surface area contributed by atoms with Crippen LogP contribution in [-0.4, -0.2) is 23.8 Å². The maximum Gasteiger partial charge on any atom is 0.319 e. The van der Waals surface area contributed by atoms with E-state index in [1.165, 1.54) is 12.1 Å². The van der Waals surface area contributed by atoms with Gasteiger partial charge in [0.15, 0.2) is 11.6 Å². The lowest BCUT2D eigenvalue weighted by atomic mass is 10.2. The van der Waals surface area contributed by atoms with Crippen LogP contribution < -0.4 is 15.4 Å². The molecular formula is C17H16FN3O3. The Morgan fingerprint density at radius 3 is 2.75 bits per heavy atom. The van der Waals surface area contributed by atoms with Crippen LogP contribution in [0.3, 0.4) is 0 Å². The number of aliphatic hydroxyl groups is 1. The van der Waals surface area contributed by atoms with E-state index in [2.05, 4.69) is 10.6 Å². The molecule has 2 aromatic carbocycles. The summed E-state index contributed by atoms with van der Waals surface area (Å²) in [7, 11) is 0. The Morgan fingerprint density at radius 1 is 1.33 bits per heavy atom. The van der Waals surface area contributed by atoms with Gasteiger partial charge in [0.1, 0.15) is 11.8 Å². The van der Waals surface area contributed by atoms with Gasteiger partial charge in [0.05, 0.1) is 18.2 Å². The van der Waals surface area contributed by atoms with Gasteiger partial charge < -0.3 is 20.5 Å². The first-order valence-electron chi connectivity index (χ1n) is 7.18. The second-order valence-corrected chi connectivity index (χ2v) is 5.04. The molecule has 0 fully saturated rings. The number of benzene rings is 2. The van der Waals surface area contributed by atoms with Crippen molar-refractivity contribution in [2.75, 3.05) is 11.9 Å². The van der Waals surface area contributed by atoms with Crippen molar-refractivity contribution in [2.24, 2.45) is 0 Å². The predicted octanol–water partition coefficient (Wildman–Crippen LogP) is 2.99. The zero-order valence-corrected chi connectivity index (χ0v) is 12.9. The first-order chi connectivity index (χ1) is 11.5. The molecule has 1 atom stereocenters. The van der Waals surface area contributed by atoms with Gasteiger partial charge in [-0.25, -0.2) is 9.18 Å². The fraction of sp³-hybridized carbons (Fsp3) is 0.176. The van der Waals surface area contributed by atoms with Crippen molar-refractivity contribution >= 4 is 11.7 Å². The summed E-state index contributed by atoms with van der Waals surface area (Å²) in [5.41, 5.74) is 0.521. The van der Waals surface area contributed by atoms with E-state index < -0.39 is 17.9 Å². The summed E-state index contributed by atoms with van der Waals surface area (Å²) in [6, 6.07) is 11.4. The number of nitriles is 1. The average Bonchev–Trinajstić information content (AvgIpc) is 2.57. The lowest BCUT2D eigenvalue weighted by molar-refractivity contribution is 0.229. The van der Waals surface area contributed by atoms with Gasteiger partial charge in [-0.2, -0.15) is 5.26 Å². The lowest BCUT2D eigenvalue weighted by Gasteiger charge is -2.13. The molecule has 6 nitrogen and oxygen atoms in total. The largest absolute Gasteiger partial charge is 0.453 e. The molecule has 0 saturated carbocycles. The Hall–Kier alpha value is -3.11. The Kier molecular flexibility index (Phi) is 5.71. The van der Waals surface area contributed by atoms with Crippen molar-refractivity contribution in [1.82, 2.24) is 5.32 Å². The molecule has 0 heterocycles. The van der Waals surface area contributed by atoms with Crippen LogP contribution in [-0.2, 0) is 0 Å². The van der Waals surface area contributed by atoms with Crippen LogP contribution >= 0.6 is 0 Å². The molecule has 2 rings (SSSR count). The van der Waals surface area contributed by atoms with Crippen molar-refractivity contribution < 1.29 is 19.0 Å². The maximum absolute atomic E-state index is 14.1. The summed E-state index contributed by atoms with van der Waals surface area (Å²) in [5.74, 6) is -0.503. The predicted molar refractivity (Wildman–Crippen MR) is 86.3 cm³/mol. The number of anilines is 1. The second kappa shape index (κ2) is 7.94. The third kappa shape index (κ3) is 4.44. The van der Waals surface area contributed by atoms with Crippen LogP contribution in [0.5, 0.6) is 11.5 Å². The van der Waals surface area contributed by atoms with E-state index in [1.807, 2.05) is 6.07 Å². The van der Waals surface area contributed by atoms with Gasteiger partial charge in [0.25, 0.3) is 0 Å². The summed E-state index contributed by atoms with van der Waals surface area (Å²) < 4.78 is 19.5. The minimum Gasteiger partial charge on any atom is -0.453 e. The number of carbonyl (C=O) groups excluding carboxylic acids is 1. The topological polar surface area (TPSA) is 94.4 Å². The van der Waals surface area contributed by atoms with Crippen LogP contribution in [0.1, 0.15) is 12.5 Å². The molecule has 0 aromatic heterocycles. The monoisotopic (exact) mass is 329 g/mol. The number of rotatable bonds is 5. The van der Waals surface area contributed by atoms with E-state index in [9.17, 15) is 9.18 Å². The van der Waals surface area contributed by atoms with Crippen molar-refractivity contribution in [3.8, 4) is 17.6 Å². The van der Waals surface area contributed by atoms with Crippen molar-refractivity contribution in [3.05, 3.63) is 53.8 Å². The standard InChI is InChI=1S/C17H16FN3O3/c1-11(10-22)20-17(23)21-13-6-7-16(14(18)8-13)24-15-5-3-2-4-12(15)9-19/h2-8,11,22H,10H2,1H3,(H2,20,21,23). The van der Waals surface area contributed by atoms with Gasteiger partial charge in [-0.15, -0.1) is 0 Å². The lowest BCUT2D eigenvalue weighted by Crippen LogP contribution is -2.38. The van der Waals surface area contributed by atoms with Crippen LogP contribution in [0.25, 0.3) is 0 Å². The summed E-state index contributed by atoms with van der Waals surface area (Å²) in [6.07, 6.45) is 0. The summed E-state index contributed by atoms with van der Waals surface area (Å²) >= 11 is 0. The number of nitrogens with zero attached hydrogens (tertiary/aromatic N) is 1. The Bertz CT molecular complexity index is 774. The van der Waals surface area contributed by atoms with Crippen molar-refractivity contribution in [2.45, 2.75) is 13.0 Å². The SMILES string of the molecule is CC(CO)NC(=O)Nc1ccc(Oc2ccccc2C#N)c(F)c1. The van der Waals surface area contributed by atoms with Gasteiger partial charge in [-0.3, -0.25) is 0 Å². The van der Waals surface area contributed by atoms with E-state index in [-0.39, 0.29) is 29.4 Å². The zero-order valence-electron chi connectivity index (χ0n) is 12.9. The maximum atomic E-state index is 14.1. The first-order valence-corrected chi connectivity index (χ1v) is 7.18. The molecular weight excluding hydrogens is 313 g/mol. The van der Waals surface area contributed by atoms with Crippen LogP contribution in [0, 0.1) is 17.1 Å². The van der Waals surface area contributed by atoms with Gasteiger partial charge in [0.2, 0.25) is 0 Å². The molecule has 0 aliphatic rings. The van der Waals surface area contributed by atoms with Gasteiger partial charge in [-0.1, -0.05) is 12.1 Å². The smallest absolute Gasteiger partial charge is 0.319 e. The zero-order chi connectivity index (χ0) is 17.5. The van der Waals surface area contributed by atoms with E-state index in [0.717, 1.165) is 6.07 Å². The molecule has 3 N–H and O–H groups in total. The third-order valence-electron chi connectivity index (χ3n) is 3.07. The number of carbonyl (C=O) groups is 1. The molecule has 0 aliphatic heterocycles. The van der Waals surface area contributed by atoms with Gasteiger partial charge in [0, 0.05) is 11.8 Å². The van der Waals surface area contributed by atoms with Gasteiger partial charge in [-0.05, 0) is 31.2 Å². The number of nitrogens with one attached hydrogen (secondary N) is 2. The van der Waals surface area contributed by atoms with Crippen molar-refractivity contribution in [3.63, 3.8) is 0 Å². The number of aliphatic hydroxyl groups excluding tert-OH is 1. The van der Waals surface area contributed by atoms with Crippen LogP contribution in [0.4, 0.5) is 14.9 Å². The number of urea groups is 1. The number of para-hydroxylation sites is 1.